The number of thiophene rings is 1. The first-order valence-electron chi connectivity index (χ1n) is 9.10. The summed E-state index contributed by atoms with van der Waals surface area (Å²) >= 11 is 1.06. The molecular weight excluding hydrogens is 394 g/mol. The van der Waals surface area contributed by atoms with E-state index in [0.29, 0.717) is 17.0 Å². The molecule has 0 aliphatic heterocycles. The van der Waals surface area contributed by atoms with E-state index in [0.717, 1.165) is 16.9 Å². The van der Waals surface area contributed by atoms with Crippen LogP contribution in [0, 0.1) is 13.8 Å². The number of pyridine rings is 1. The fraction of sp³-hybridized carbons (Fsp3) is 0.300. The summed E-state index contributed by atoms with van der Waals surface area (Å²) in [5, 5.41) is 4.43. The van der Waals surface area contributed by atoms with Gasteiger partial charge < -0.3 is 14.8 Å². The Hall–Kier alpha value is -3.20. The molecule has 29 heavy (non-hydrogen) atoms. The van der Waals surface area contributed by atoms with Gasteiger partial charge in [-0.3, -0.25) is 9.20 Å². The maximum Gasteiger partial charge on any atom is 0.342 e. The van der Waals surface area contributed by atoms with Crippen molar-refractivity contribution < 1.29 is 23.9 Å². The van der Waals surface area contributed by atoms with Crippen molar-refractivity contribution in [2.45, 2.75) is 27.7 Å². The molecule has 0 saturated carbocycles. The number of carbonyl (C=O) groups excluding carboxylic acids is 3. The summed E-state index contributed by atoms with van der Waals surface area (Å²) in [5.74, 6) is -1.78. The van der Waals surface area contributed by atoms with E-state index < -0.39 is 17.8 Å². The van der Waals surface area contributed by atoms with Gasteiger partial charge in [0.2, 0.25) is 0 Å². The molecule has 0 bridgehead atoms. The van der Waals surface area contributed by atoms with Gasteiger partial charge in [0.15, 0.2) is 0 Å². The van der Waals surface area contributed by atoms with Crippen LogP contribution in [0.15, 0.2) is 23.7 Å². The van der Waals surface area contributed by atoms with Crippen molar-refractivity contribution in [2.75, 3.05) is 18.5 Å². The molecule has 0 unspecified atom stereocenters. The van der Waals surface area contributed by atoms with E-state index in [4.69, 9.17) is 9.47 Å². The summed E-state index contributed by atoms with van der Waals surface area (Å²) in [6, 6.07) is 3.74. The summed E-state index contributed by atoms with van der Waals surface area (Å²) in [6.45, 7) is 7.29. The van der Waals surface area contributed by atoms with Crippen LogP contribution in [0.3, 0.4) is 0 Å². The molecule has 0 spiro atoms. The van der Waals surface area contributed by atoms with Crippen molar-refractivity contribution in [3.63, 3.8) is 0 Å². The normalized spacial score (nSPS) is 10.8. The average Bonchev–Trinajstić information content (AvgIpc) is 3.23. The minimum atomic E-state index is -0.696. The van der Waals surface area contributed by atoms with Crippen LogP contribution in [0.25, 0.3) is 5.65 Å². The zero-order valence-electron chi connectivity index (χ0n) is 16.6. The molecule has 0 fully saturated rings. The molecule has 0 radical (unpaired) electrons. The lowest BCUT2D eigenvalue weighted by Crippen LogP contribution is -2.19. The van der Waals surface area contributed by atoms with Crippen molar-refractivity contribution in [2.24, 2.45) is 0 Å². The van der Waals surface area contributed by atoms with Crippen LogP contribution in [0.5, 0.6) is 0 Å². The number of esters is 2. The largest absolute Gasteiger partial charge is 0.462 e. The number of aromatic nitrogens is 2. The van der Waals surface area contributed by atoms with Gasteiger partial charge in [0.05, 0.1) is 24.5 Å². The Labute approximate surface area is 171 Å². The number of nitrogens with one attached hydrogen (secondary N) is 1. The quantitative estimate of drug-likeness (QED) is 0.618. The van der Waals surface area contributed by atoms with E-state index >= 15 is 0 Å². The number of hydrogen-bond donors (Lipinski definition) is 1. The Balaban J connectivity index is 2.01. The summed E-state index contributed by atoms with van der Waals surface area (Å²) in [4.78, 5) is 42.2. The Kier molecular flexibility index (Phi) is 5.97. The first-order chi connectivity index (χ1) is 13.9. The van der Waals surface area contributed by atoms with Crippen LogP contribution in [0.2, 0.25) is 0 Å². The molecule has 3 heterocycles. The predicted molar refractivity (Wildman–Crippen MR) is 109 cm³/mol. The van der Waals surface area contributed by atoms with E-state index in [1.165, 1.54) is 5.38 Å². The van der Waals surface area contributed by atoms with Crippen molar-refractivity contribution in [3.05, 3.63) is 51.8 Å². The number of amides is 1. The molecule has 1 N–H and O–H groups in total. The van der Waals surface area contributed by atoms with Crippen molar-refractivity contribution >= 4 is 39.8 Å². The first-order valence-corrected chi connectivity index (χ1v) is 9.98. The molecule has 3 aromatic heterocycles. The van der Waals surface area contributed by atoms with Gasteiger partial charge in [-0.25, -0.2) is 14.6 Å². The molecule has 0 aliphatic carbocycles. The van der Waals surface area contributed by atoms with Crippen LogP contribution in [-0.4, -0.2) is 40.4 Å². The molecular formula is C20H21N3O5S. The fourth-order valence-electron chi connectivity index (χ4n) is 2.97. The minimum Gasteiger partial charge on any atom is -0.462 e. The summed E-state index contributed by atoms with van der Waals surface area (Å²) < 4.78 is 11.8. The number of nitrogens with zero attached hydrogens (tertiary/aromatic N) is 2. The lowest BCUT2D eigenvalue weighted by molar-refractivity contribution is 0.0481. The monoisotopic (exact) mass is 415 g/mol. The number of aryl methyl sites for hydroxylation is 2. The average molecular weight is 415 g/mol. The molecule has 0 aromatic carbocycles. The highest BCUT2D eigenvalue weighted by molar-refractivity contribution is 7.15. The number of ether oxygens (including phenoxy) is 2. The lowest BCUT2D eigenvalue weighted by atomic mass is 10.2. The zero-order valence-corrected chi connectivity index (χ0v) is 17.4. The lowest BCUT2D eigenvalue weighted by Gasteiger charge is -2.09. The molecule has 1 amide bonds. The Morgan fingerprint density at radius 1 is 1.14 bits per heavy atom. The van der Waals surface area contributed by atoms with Gasteiger partial charge in [-0.15, -0.1) is 11.3 Å². The summed E-state index contributed by atoms with van der Waals surface area (Å²) in [6.07, 6.45) is 1.75. The number of fused-ring (bicyclic) bond motifs is 1. The van der Waals surface area contributed by atoms with Crippen molar-refractivity contribution in [3.8, 4) is 0 Å². The summed E-state index contributed by atoms with van der Waals surface area (Å²) in [7, 11) is 0. The standard InChI is InChI=1S/C20H21N3O5S/c1-5-27-19(25)13-10-29-18(14(13)20(26)28-6-2)22-17(24)15-12(4)21-16-11(3)8-7-9-23(15)16/h7-10H,5-6H2,1-4H3,(H,22,24). The maximum atomic E-state index is 13.0. The summed E-state index contributed by atoms with van der Waals surface area (Å²) in [5.41, 5.74) is 2.57. The van der Waals surface area contributed by atoms with Crippen LogP contribution < -0.4 is 5.32 Å². The van der Waals surface area contributed by atoms with E-state index in [1.807, 2.05) is 19.1 Å². The molecule has 8 nitrogen and oxygen atoms in total. The Morgan fingerprint density at radius 3 is 2.52 bits per heavy atom. The highest BCUT2D eigenvalue weighted by atomic mass is 32.1. The van der Waals surface area contributed by atoms with Crippen LogP contribution in [-0.2, 0) is 9.47 Å². The number of anilines is 1. The molecule has 0 aliphatic rings. The van der Waals surface area contributed by atoms with E-state index in [1.54, 1.807) is 31.4 Å². The third-order valence-corrected chi connectivity index (χ3v) is 5.12. The Bertz CT molecular complexity index is 1100. The number of rotatable bonds is 6. The molecule has 3 rings (SSSR count). The SMILES string of the molecule is CCOC(=O)c1csc(NC(=O)c2c(C)nc3c(C)cccn23)c1C(=O)OCC. The smallest absolute Gasteiger partial charge is 0.342 e. The predicted octanol–water partition coefficient (Wildman–Crippen LogP) is 3.62. The third kappa shape index (κ3) is 3.86. The van der Waals surface area contributed by atoms with Crippen LogP contribution in [0.4, 0.5) is 5.00 Å². The van der Waals surface area contributed by atoms with Gasteiger partial charge in [-0.1, -0.05) is 6.07 Å². The van der Waals surface area contributed by atoms with Gasteiger partial charge in [-0.05, 0) is 39.3 Å². The van der Waals surface area contributed by atoms with E-state index in [9.17, 15) is 14.4 Å². The Morgan fingerprint density at radius 2 is 1.83 bits per heavy atom. The molecule has 0 saturated heterocycles. The fourth-order valence-corrected chi connectivity index (χ4v) is 3.88. The molecule has 152 valence electrons. The second-order valence-electron chi connectivity index (χ2n) is 6.18. The van der Waals surface area contributed by atoms with Gasteiger partial charge in [0.1, 0.15) is 21.9 Å². The van der Waals surface area contributed by atoms with Gasteiger partial charge in [-0.2, -0.15) is 0 Å². The van der Waals surface area contributed by atoms with Crippen molar-refractivity contribution in [1.29, 1.82) is 0 Å². The number of hydrogen-bond acceptors (Lipinski definition) is 7. The van der Waals surface area contributed by atoms with Gasteiger partial charge in [0.25, 0.3) is 5.91 Å². The zero-order chi connectivity index (χ0) is 21.1. The minimum absolute atomic E-state index is 0.00805. The van der Waals surface area contributed by atoms with E-state index in [-0.39, 0.29) is 29.3 Å². The third-order valence-electron chi connectivity index (χ3n) is 4.23. The second-order valence-corrected chi connectivity index (χ2v) is 7.06. The maximum absolute atomic E-state index is 13.0. The second kappa shape index (κ2) is 8.44. The highest BCUT2D eigenvalue weighted by Crippen LogP contribution is 2.30. The van der Waals surface area contributed by atoms with Gasteiger partial charge in [0, 0.05) is 11.6 Å². The topological polar surface area (TPSA) is 99.0 Å². The molecule has 3 aromatic rings. The van der Waals surface area contributed by atoms with Crippen molar-refractivity contribution in [1.82, 2.24) is 9.38 Å². The van der Waals surface area contributed by atoms with E-state index in [2.05, 4.69) is 10.3 Å². The van der Waals surface area contributed by atoms with Gasteiger partial charge >= 0.3 is 11.9 Å². The highest BCUT2D eigenvalue weighted by Gasteiger charge is 2.28. The van der Waals surface area contributed by atoms with Crippen LogP contribution in [0.1, 0.15) is 56.3 Å². The molecule has 9 heteroatoms. The number of carbonyl (C=O) groups is 3. The molecule has 0 atom stereocenters. The van der Waals surface area contributed by atoms with Crippen LogP contribution >= 0.6 is 11.3 Å². The first kappa shape index (κ1) is 20.5. The number of imidazole rings is 1.